The molecule has 0 aromatic rings. The second-order valence-electron chi connectivity index (χ2n) is 4.65. The molecule has 2 bridgehead atoms. The van der Waals surface area contributed by atoms with Crippen LogP contribution < -0.4 is 0 Å². The summed E-state index contributed by atoms with van der Waals surface area (Å²) in [6.45, 7) is 2.07. The third-order valence-electron chi connectivity index (χ3n) is 3.91. The minimum atomic E-state index is -3.25. The van der Waals surface area contributed by atoms with Crippen LogP contribution in [-0.2, 0) is 14.3 Å². The van der Waals surface area contributed by atoms with E-state index in [-0.39, 0.29) is 20.7 Å². The summed E-state index contributed by atoms with van der Waals surface area (Å²) in [6.07, 6.45) is 1.97. The zero-order chi connectivity index (χ0) is 9.43. The van der Waals surface area contributed by atoms with Gasteiger partial charge in [0.25, 0.3) is 10.1 Å². The van der Waals surface area contributed by atoms with E-state index >= 15 is 0 Å². The van der Waals surface area contributed by atoms with Crippen molar-refractivity contribution < 1.29 is 12.6 Å². The molecule has 74 valence electrons. The summed E-state index contributed by atoms with van der Waals surface area (Å²) in [7, 11) is -3.25. The number of fused-ring (bicyclic) bond motifs is 1. The van der Waals surface area contributed by atoms with E-state index in [0.29, 0.717) is 5.92 Å². The molecular formula is C8H11IO3S. The van der Waals surface area contributed by atoms with Crippen LogP contribution in [0, 0.1) is 11.3 Å². The molecule has 3 fully saturated rings. The number of rotatable bonds is 0. The van der Waals surface area contributed by atoms with Gasteiger partial charge in [0.05, 0.1) is 6.10 Å². The van der Waals surface area contributed by atoms with E-state index < -0.39 is 10.1 Å². The first kappa shape index (κ1) is 8.91. The van der Waals surface area contributed by atoms with Gasteiger partial charge >= 0.3 is 0 Å². The molecule has 2 aliphatic carbocycles. The molecule has 5 unspecified atom stereocenters. The average molecular weight is 314 g/mol. The zero-order valence-corrected chi connectivity index (χ0v) is 10.2. The van der Waals surface area contributed by atoms with Gasteiger partial charge in [0.15, 0.2) is 0 Å². The van der Waals surface area contributed by atoms with Crippen LogP contribution in [0.4, 0.5) is 0 Å². The molecule has 2 saturated carbocycles. The summed E-state index contributed by atoms with van der Waals surface area (Å²) < 4.78 is 28.8. The highest BCUT2D eigenvalue weighted by atomic mass is 127. The third-order valence-corrected chi connectivity index (χ3v) is 8.08. The number of halogens is 1. The van der Waals surface area contributed by atoms with Gasteiger partial charge in [-0.25, -0.2) is 0 Å². The lowest BCUT2D eigenvalue weighted by Crippen LogP contribution is -2.38. The van der Waals surface area contributed by atoms with Gasteiger partial charge in [-0.2, -0.15) is 8.42 Å². The number of hydrogen-bond acceptors (Lipinski definition) is 3. The number of alkyl halides is 1. The molecular weight excluding hydrogens is 303 g/mol. The molecule has 0 amide bonds. The van der Waals surface area contributed by atoms with Gasteiger partial charge in [-0.1, -0.05) is 29.5 Å². The Labute approximate surface area is 91.5 Å². The minimum absolute atomic E-state index is 0.0153. The Morgan fingerprint density at radius 2 is 2.23 bits per heavy atom. The van der Waals surface area contributed by atoms with Crippen molar-refractivity contribution in [3.63, 3.8) is 0 Å². The topological polar surface area (TPSA) is 43.4 Å². The molecule has 1 heterocycles. The zero-order valence-electron chi connectivity index (χ0n) is 7.23. The normalized spacial score (nSPS) is 61.7. The SMILES string of the molecule is CC12CC3CC1OS(=O)(=O)C2C3I. The summed E-state index contributed by atoms with van der Waals surface area (Å²) in [5.41, 5.74) is -0.0741. The predicted molar refractivity (Wildman–Crippen MR) is 56.2 cm³/mol. The van der Waals surface area contributed by atoms with Crippen LogP contribution in [0.25, 0.3) is 0 Å². The Balaban J connectivity index is 2.21. The monoisotopic (exact) mass is 314 g/mol. The molecule has 3 nitrogen and oxygen atoms in total. The summed E-state index contributed by atoms with van der Waals surface area (Å²) in [6, 6.07) is 0. The van der Waals surface area contributed by atoms with Crippen molar-refractivity contribution in [2.45, 2.75) is 35.0 Å². The molecule has 5 atom stereocenters. The highest BCUT2D eigenvalue weighted by Gasteiger charge is 2.70. The molecule has 1 saturated heterocycles. The van der Waals surface area contributed by atoms with Gasteiger partial charge in [0, 0.05) is 9.34 Å². The van der Waals surface area contributed by atoms with E-state index in [1.54, 1.807) is 0 Å². The molecule has 13 heavy (non-hydrogen) atoms. The smallest absolute Gasteiger partial charge is 0.266 e. The minimum Gasteiger partial charge on any atom is -0.266 e. The summed E-state index contributed by atoms with van der Waals surface area (Å²) in [5.74, 6) is 0.567. The average Bonchev–Trinajstić information content (AvgIpc) is 2.40. The van der Waals surface area contributed by atoms with E-state index in [0.717, 1.165) is 12.8 Å². The fraction of sp³-hybridized carbons (Fsp3) is 1.00. The molecule has 0 N–H and O–H groups in total. The molecule has 0 spiro atoms. The first-order valence-corrected chi connectivity index (χ1v) is 7.23. The Morgan fingerprint density at radius 1 is 1.54 bits per heavy atom. The molecule has 0 radical (unpaired) electrons. The van der Waals surface area contributed by atoms with Crippen LogP contribution in [0.2, 0.25) is 0 Å². The van der Waals surface area contributed by atoms with Crippen molar-refractivity contribution in [1.29, 1.82) is 0 Å². The van der Waals surface area contributed by atoms with Crippen molar-refractivity contribution >= 4 is 32.7 Å². The van der Waals surface area contributed by atoms with Gasteiger partial charge in [-0.3, -0.25) is 4.18 Å². The molecule has 0 aromatic carbocycles. The van der Waals surface area contributed by atoms with Gasteiger partial charge < -0.3 is 0 Å². The standard InChI is InChI=1S/C8H11IO3S/c1-8-3-4-2-5(8)12-13(10,11)7(8)6(4)9/h4-7H,2-3H2,1H3. The van der Waals surface area contributed by atoms with Gasteiger partial charge in [0.2, 0.25) is 0 Å². The fourth-order valence-corrected chi connectivity index (χ4v) is 7.97. The summed E-state index contributed by atoms with van der Waals surface area (Å²) in [5, 5.41) is -0.232. The molecule has 3 aliphatic rings. The van der Waals surface area contributed by atoms with Crippen molar-refractivity contribution in [1.82, 2.24) is 0 Å². The fourth-order valence-electron chi connectivity index (χ4n) is 3.34. The lowest BCUT2D eigenvalue weighted by Gasteiger charge is -2.27. The first-order valence-electron chi connectivity index (χ1n) is 4.51. The summed E-state index contributed by atoms with van der Waals surface area (Å²) >= 11 is 2.29. The van der Waals surface area contributed by atoms with E-state index in [9.17, 15) is 8.42 Å². The largest absolute Gasteiger partial charge is 0.272 e. The van der Waals surface area contributed by atoms with Crippen LogP contribution in [0.3, 0.4) is 0 Å². The Morgan fingerprint density at radius 3 is 2.77 bits per heavy atom. The van der Waals surface area contributed by atoms with Crippen molar-refractivity contribution in [2.75, 3.05) is 0 Å². The Bertz CT molecular complexity index is 366. The molecule has 1 aliphatic heterocycles. The second-order valence-corrected chi connectivity index (χ2v) is 7.77. The summed E-state index contributed by atoms with van der Waals surface area (Å²) in [4.78, 5) is 0. The lowest BCUT2D eigenvalue weighted by molar-refractivity contribution is 0.136. The highest BCUT2D eigenvalue weighted by Crippen LogP contribution is 2.64. The highest BCUT2D eigenvalue weighted by molar-refractivity contribution is 14.1. The molecule has 5 heteroatoms. The second kappa shape index (κ2) is 2.24. The molecule has 0 aromatic heterocycles. The van der Waals surface area contributed by atoms with E-state index in [1.807, 2.05) is 0 Å². The van der Waals surface area contributed by atoms with Gasteiger partial charge in [-0.05, 0) is 18.8 Å². The van der Waals surface area contributed by atoms with E-state index in [1.165, 1.54) is 0 Å². The first-order chi connectivity index (χ1) is 5.95. The van der Waals surface area contributed by atoms with Crippen LogP contribution >= 0.6 is 22.6 Å². The van der Waals surface area contributed by atoms with Crippen LogP contribution in [0.5, 0.6) is 0 Å². The van der Waals surface area contributed by atoms with Crippen molar-refractivity contribution in [3.05, 3.63) is 0 Å². The molecule has 3 rings (SSSR count). The van der Waals surface area contributed by atoms with Crippen LogP contribution in [-0.4, -0.2) is 23.7 Å². The van der Waals surface area contributed by atoms with Crippen LogP contribution in [0.1, 0.15) is 19.8 Å². The van der Waals surface area contributed by atoms with Crippen molar-refractivity contribution in [3.8, 4) is 0 Å². The maximum Gasteiger partial charge on any atom is 0.272 e. The Kier molecular flexibility index (Phi) is 1.54. The lowest BCUT2D eigenvalue weighted by atomic mass is 9.84. The van der Waals surface area contributed by atoms with Crippen LogP contribution in [0.15, 0.2) is 0 Å². The van der Waals surface area contributed by atoms with E-state index in [4.69, 9.17) is 4.18 Å². The van der Waals surface area contributed by atoms with E-state index in [2.05, 4.69) is 29.5 Å². The van der Waals surface area contributed by atoms with Gasteiger partial charge in [-0.15, -0.1) is 0 Å². The van der Waals surface area contributed by atoms with Crippen molar-refractivity contribution in [2.24, 2.45) is 11.3 Å². The number of hydrogen-bond donors (Lipinski definition) is 0. The maximum absolute atomic E-state index is 11.7. The predicted octanol–water partition coefficient (Wildman–Crippen LogP) is 1.32. The van der Waals surface area contributed by atoms with Gasteiger partial charge in [0.1, 0.15) is 5.25 Å². The third kappa shape index (κ3) is 0.866. The quantitative estimate of drug-likeness (QED) is 0.385. The Hall–Kier alpha value is 0.640. The maximum atomic E-state index is 11.7.